The van der Waals surface area contributed by atoms with Gasteiger partial charge in [-0.05, 0) is 41.6 Å². The molecule has 2 nitrogen and oxygen atoms in total. The summed E-state index contributed by atoms with van der Waals surface area (Å²) in [6.07, 6.45) is 11.6. The van der Waals surface area contributed by atoms with Crippen molar-refractivity contribution < 1.29 is 0 Å². The normalized spacial score (nSPS) is 11.2. The molecule has 1 aromatic carbocycles. The number of hydrogen-bond donors (Lipinski definition) is 0. The van der Waals surface area contributed by atoms with Gasteiger partial charge in [0.15, 0.2) is 0 Å². The van der Waals surface area contributed by atoms with Crippen LogP contribution in [0, 0.1) is 0 Å². The van der Waals surface area contributed by atoms with Gasteiger partial charge in [-0.2, -0.15) is 0 Å². The number of fused-ring (bicyclic) bond motifs is 1. The Kier molecular flexibility index (Phi) is 3.07. The molecule has 92 valence electrons. The molecule has 0 spiro atoms. The fourth-order valence-corrected chi connectivity index (χ4v) is 2.22. The van der Waals surface area contributed by atoms with Gasteiger partial charge in [0, 0.05) is 35.7 Å². The van der Waals surface area contributed by atoms with E-state index in [2.05, 4.69) is 34.2 Å². The molecular weight excluding hydrogens is 232 g/mol. The Morgan fingerprint density at radius 2 is 1.74 bits per heavy atom. The van der Waals surface area contributed by atoms with Crippen molar-refractivity contribution in [1.29, 1.82) is 0 Å². The van der Waals surface area contributed by atoms with Crippen LogP contribution in [0.2, 0.25) is 0 Å². The van der Waals surface area contributed by atoms with Crippen LogP contribution in [0.25, 0.3) is 28.0 Å². The van der Waals surface area contributed by atoms with Crippen molar-refractivity contribution >= 4 is 16.8 Å². The molecule has 3 rings (SSSR count). The minimum atomic E-state index is 1.14. The van der Waals surface area contributed by atoms with Crippen molar-refractivity contribution in [3.8, 4) is 11.1 Å². The third kappa shape index (κ3) is 2.25. The maximum Gasteiger partial charge on any atom is 0.0352 e. The molecule has 19 heavy (non-hydrogen) atoms. The second kappa shape index (κ2) is 5.02. The van der Waals surface area contributed by atoms with Crippen LogP contribution in [0.1, 0.15) is 12.5 Å². The standard InChI is InChI=1S/C17H14N2/c1-2-3-14-7-9-19-12-17(14)15-5-4-13-6-8-18-11-16(13)10-15/h2-12H,1H3/b3-2-. The highest BCUT2D eigenvalue weighted by atomic mass is 14.6. The van der Waals surface area contributed by atoms with Crippen molar-refractivity contribution in [2.24, 2.45) is 0 Å². The first-order chi connectivity index (χ1) is 9.38. The van der Waals surface area contributed by atoms with Crippen LogP contribution in [0.15, 0.2) is 61.2 Å². The van der Waals surface area contributed by atoms with E-state index >= 15 is 0 Å². The van der Waals surface area contributed by atoms with E-state index in [0.717, 1.165) is 10.9 Å². The molecule has 0 aliphatic heterocycles. The van der Waals surface area contributed by atoms with Crippen LogP contribution in [0.3, 0.4) is 0 Å². The Morgan fingerprint density at radius 3 is 2.63 bits per heavy atom. The molecule has 0 bridgehead atoms. The lowest BCUT2D eigenvalue weighted by Crippen LogP contribution is -1.85. The van der Waals surface area contributed by atoms with Gasteiger partial charge in [-0.3, -0.25) is 9.97 Å². The number of benzene rings is 1. The smallest absolute Gasteiger partial charge is 0.0352 e. The Hall–Kier alpha value is -2.48. The molecule has 0 aliphatic rings. The SMILES string of the molecule is C/C=C\c1ccncc1-c1ccc2ccncc2c1. The molecule has 0 amide bonds. The molecule has 2 heteroatoms. The zero-order valence-electron chi connectivity index (χ0n) is 10.7. The molecule has 0 radical (unpaired) electrons. The van der Waals surface area contributed by atoms with Crippen molar-refractivity contribution in [2.75, 3.05) is 0 Å². The van der Waals surface area contributed by atoms with Gasteiger partial charge in [0.05, 0.1) is 0 Å². The summed E-state index contributed by atoms with van der Waals surface area (Å²) >= 11 is 0. The average Bonchev–Trinajstić information content (AvgIpc) is 2.48. The molecule has 0 atom stereocenters. The summed E-state index contributed by atoms with van der Waals surface area (Å²) in [7, 11) is 0. The Bertz CT molecular complexity index is 745. The fourth-order valence-electron chi connectivity index (χ4n) is 2.22. The van der Waals surface area contributed by atoms with Crippen LogP contribution in [-0.2, 0) is 0 Å². The minimum absolute atomic E-state index is 1.14. The van der Waals surface area contributed by atoms with E-state index in [1.54, 1.807) is 0 Å². The Balaban J connectivity index is 2.19. The number of allylic oxidation sites excluding steroid dienone is 1. The van der Waals surface area contributed by atoms with Crippen molar-refractivity contribution in [1.82, 2.24) is 9.97 Å². The number of nitrogens with zero attached hydrogens (tertiary/aromatic N) is 2. The highest BCUT2D eigenvalue weighted by molar-refractivity contribution is 5.88. The molecule has 0 saturated heterocycles. The van der Waals surface area contributed by atoms with Crippen LogP contribution in [-0.4, -0.2) is 9.97 Å². The first-order valence-corrected chi connectivity index (χ1v) is 6.29. The summed E-state index contributed by atoms with van der Waals surface area (Å²) in [5.74, 6) is 0. The van der Waals surface area contributed by atoms with E-state index in [0.29, 0.717) is 0 Å². The Labute approximate surface area is 112 Å². The van der Waals surface area contributed by atoms with Gasteiger partial charge in [-0.15, -0.1) is 0 Å². The van der Waals surface area contributed by atoms with Gasteiger partial charge in [0.1, 0.15) is 0 Å². The third-order valence-corrected chi connectivity index (χ3v) is 3.15. The second-order valence-corrected chi connectivity index (χ2v) is 4.40. The van der Waals surface area contributed by atoms with E-state index in [9.17, 15) is 0 Å². The Morgan fingerprint density at radius 1 is 0.895 bits per heavy atom. The largest absolute Gasteiger partial charge is 0.264 e. The average molecular weight is 246 g/mol. The maximum absolute atomic E-state index is 4.23. The van der Waals surface area contributed by atoms with Crippen molar-refractivity contribution in [3.05, 3.63) is 66.8 Å². The molecular formula is C17H14N2. The van der Waals surface area contributed by atoms with Crippen molar-refractivity contribution in [2.45, 2.75) is 6.92 Å². The molecule has 0 N–H and O–H groups in total. The van der Waals surface area contributed by atoms with E-state index in [4.69, 9.17) is 0 Å². The van der Waals surface area contributed by atoms with E-state index in [1.807, 2.05) is 49.9 Å². The first kappa shape index (κ1) is 11.6. The maximum atomic E-state index is 4.23. The number of rotatable bonds is 2. The first-order valence-electron chi connectivity index (χ1n) is 6.29. The summed E-state index contributed by atoms with van der Waals surface area (Å²) < 4.78 is 0. The lowest BCUT2D eigenvalue weighted by atomic mass is 9.99. The molecule has 0 fully saturated rings. The van der Waals surface area contributed by atoms with Crippen molar-refractivity contribution in [3.63, 3.8) is 0 Å². The molecule has 2 heterocycles. The summed E-state index contributed by atoms with van der Waals surface area (Å²) in [6, 6.07) is 10.5. The van der Waals surface area contributed by atoms with Gasteiger partial charge in [-0.1, -0.05) is 24.3 Å². The van der Waals surface area contributed by atoms with E-state index < -0.39 is 0 Å². The summed E-state index contributed by atoms with van der Waals surface area (Å²) in [5, 5.41) is 2.35. The van der Waals surface area contributed by atoms with Gasteiger partial charge < -0.3 is 0 Å². The highest BCUT2D eigenvalue weighted by Crippen LogP contribution is 2.27. The topological polar surface area (TPSA) is 25.8 Å². The highest BCUT2D eigenvalue weighted by Gasteiger charge is 2.03. The summed E-state index contributed by atoms with van der Waals surface area (Å²) in [6.45, 7) is 2.02. The molecule has 0 unspecified atom stereocenters. The lowest BCUT2D eigenvalue weighted by Gasteiger charge is -2.07. The summed E-state index contributed by atoms with van der Waals surface area (Å²) in [5.41, 5.74) is 3.49. The van der Waals surface area contributed by atoms with Crippen LogP contribution in [0.5, 0.6) is 0 Å². The van der Waals surface area contributed by atoms with Gasteiger partial charge >= 0.3 is 0 Å². The third-order valence-electron chi connectivity index (χ3n) is 3.15. The monoisotopic (exact) mass is 246 g/mol. The summed E-state index contributed by atoms with van der Waals surface area (Å²) in [4.78, 5) is 8.41. The van der Waals surface area contributed by atoms with Crippen LogP contribution < -0.4 is 0 Å². The molecule has 3 aromatic rings. The predicted octanol–water partition coefficient (Wildman–Crippen LogP) is 4.33. The number of hydrogen-bond acceptors (Lipinski definition) is 2. The molecule has 0 aliphatic carbocycles. The zero-order chi connectivity index (χ0) is 13.1. The van der Waals surface area contributed by atoms with Crippen LogP contribution in [0.4, 0.5) is 0 Å². The number of aromatic nitrogens is 2. The van der Waals surface area contributed by atoms with Gasteiger partial charge in [0.2, 0.25) is 0 Å². The van der Waals surface area contributed by atoms with Gasteiger partial charge in [0.25, 0.3) is 0 Å². The predicted molar refractivity (Wildman–Crippen MR) is 79.7 cm³/mol. The second-order valence-electron chi connectivity index (χ2n) is 4.40. The molecule has 2 aromatic heterocycles. The minimum Gasteiger partial charge on any atom is -0.264 e. The molecule has 0 saturated carbocycles. The van der Waals surface area contributed by atoms with Gasteiger partial charge in [-0.25, -0.2) is 0 Å². The quantitative estimate of drug-likeness (QED) is 0.672. The lowest BCUT2D eigenvalue weighted by molar-refractivity contribution is 1.32. The van der Waals surface area contributed by atoms with E-state index in [1.165, 1.54) is 16.5 Å². The fraction of sp³-hybridized carbons (Fsp3) is 0.0588. The van der Waals surface area contributed by atoms with Crippen LogP contribution >= 0.6 is 0 Å². The zero-order valence-corrected chi connectivity index (χ0v) is 10.7. The van der Waals surface area contributed by atoms with E-state index in [-0.39, 0.29) is 0 Å². The number of pyridine rings is 2.